The molecule has 0 spiro atoms. The van der Waals surface area contributed by atoms with Crippen molar-refractivity contribution in [1.82, 2.24) is 5.32 Å². The molecule has 1 aliphatic rings. The smallest absolute Gasteiger partial charge is 0.00667 e. The second-order valence-electron chi connectivity index (χ2n) is 4.24. The summed E-state index contributed by atoms with van der Waals surface area (Å²) in [7, 11) is 2.09. The third kappa shape index (κ3) is 3.95. The monoisotopic (exact) mass is 181 g/mol. The predicted molar refractivity (Wildman–Crippen MR) is 58.9 cm³/mol. The second kappa shape index (κ2) is 6.20. The van der Waals surface area contributed by atoms with Crippen molar-refractivity contribution in [3.05, 3.63) is 12.7 Å². The zero-order valence-electron chi connectivity index (χ0n) is 8.89. The number of rotatable bonds is 5. The highest BCUT2D eigenvalue weighted by Gasteiger charge is 2.19. The highest BCUT2D eigenvalue weighted by Crippen LogP contribution is 2.28. The van der Waals surface area contributed by atoms with Crippen molar-refractivity contribution in [1.29, 1.82) is 0 Å². The Morgan fingerprint density at radius 3 is 3.00 bits per heavy atom. The molecule has 1 heteroatoms. The first-order valence-corrected chi connectivity index (χ1v) is 5.65. The highest BCUT2D eigenvalue weighted by atomic mass is 14.9. The van der Waals surface area contributed by atoms with Crippen LogP contribution in [0.25, 0.3) is 0 Å². The molecule has 1 N–H and O–H groups in total. The van der Waals surface area contributed by atoms with Gasteiger partial charge in [0.15, 0.2) is 0 Å². The van der Waals surface area contributed by atoms with Crippen LogP contribution in [0, 0.1) is 5.92 Å². The maximum absolute atomic E-state index is 3.76. The van der Waals surface area contributed by atoms with Gasteiger partial charge in [-0.2, -0.15) is 0 Å². The van der Waals surface area contributed by atoms with E-state index in [4.69, 9.17) is 0 Å². The molecule has 1 saturated carbocycles. The van der Waals surface area contributed by atoms with E-state index in [0.717, 1.165) is 12.0 Å². The van der Waals surface area contributed by atoms with Crippen LogP contribution >= 0.6 is 0 Å². The van der Waals surface area contributed by atoms with Crippen molar-refractivity contribution < 1.29 is 0 Å². The number of allylic oxidation sites excluding steroid dienone is 1. The summed E-state index contributed by atoms with van der Waals surface area (Å²) >= 11 is 0. The molecule has 0 aromatic heterocycles. The van der Waals surface area contributed by atoms with Gasteiger partial charge < -0.3 is 5.32 Å². The molecular weight excluding hydrogens is 158 g/mol. The average molecular weight is 181 g/mol. The Labute approximate surface area is 82.6 Å². The third-order valence-corrected chi connectivity index (χ3v) is 3.21. The summed E-state index contributed by atoms with van der Waals surface area (Å²) in [6.07, 6.45) is 11.6. The van der Waals surface area contributed by atoms with Crippen molar-refractivity contribution in [2.24, 2.45) is 5.92 Å². The lowest BCUT2D eigenvalue weighted by atomic mass is 9.83. The van der Waals surface area contributed by atoms with Crippen LogP contribution in [0.5, 0.6) is 0 Å². The number of hydrogen-bond donors (Lipinski definition) is 1. The molecule has 0 bridgehead atoms. The van der Waals surface area contributed by atoms with Gasteiger partial charge in [0.25, 0.3) is 0 Å². The van der Waals surface area contributed by atoms with Gasteiger partial charge in [0.1, 0.15) is 0 Å². The maximum atomic E-state index is 3.76. The first kappa shape index (κ1) is 10.8. The first-order chi connectivity index (χ1) is 6.36. The minimum atomic E-state index is 0.794. The standard InChI is InChI=1S/C12H23N/c1-3-4-5-7-11-8-6-9-12(10-11)13-2/h3,11-13H,1,4-10H2,2H3. The Bertz CT molecular complexity index is 142. The molecule has 0 saturated heterocycles. The summed E-state index contributed by atoms with van der Waals surface area (Å²) in [6.45, 7) is 3.76. The summed E-state index contributed by atoms with van der Waals surface area (Å²) in [5.74, 6) is 0.978. The summed E-state index contributed by atoms with van der Waals surface area (Å²) in [6, 6.07) is 0.794. The quantitative estimate of drug-likeness (QED) is 0.507. The second-order valence-corrected chi connectivity index (χ2v) is 4.24. The Hall–Kier alpha value is -0.300. The minimum Gasteiger partial charge on any atom is -0.317 e. The third-order valence-electron chi connectivity index (χ3n) is 3.21. The summed E-state index contributed by atoms with van der Waals surface area (Å²) < 4.78 is 0. The topological polar surface area (TPSA) is 12.0 Å². The van der Waals surface area contributed by atoms with Gasteiger partial charge in [-0.15, -0.1) is 6.58 Å². The molecule has 2 unspecified atom stereocenters. The van der Waals surface area contributed by atoms with Crippen LogP contribution in [0.2, 0.25) is 0 Å². The van der Waals surface area contributed by atoms with Gasteiger partial charge in [0.2, 0.25) is 0 Å². The lowest BCUT2D eigenvalue weighted by Crippen LogP contribution is -2.31. The van der Waals surface area contributed by atoms with Crippen LogP contribution in [-0.2, 0) is 0 Å². The minimum absolute atomic E-state index is 0.794. The zero-order chi connectivity index (χ0) is 9.52. The van der Waals surface area contributed by atoms with Gasteiger partial charge in [-0.1, -0.05) is 25.3 Å². The molecule has 76 valence electrons. The van der Waals surface area contributed by atoms with Crippen molar-refractivity contribution in [2.75, 3.05) is 7.05 Å². The first-order valence-electron chi connectivity index (χ1n) is 5.65. The Balaban J connectivity index is 2.14. The molecule has 0 amide bonds. The van der Waals surface area contributed by atoms with Gasteiger partial charge in [-0.3, -0.25) is 0 Å². The van der Waals surface area contributed by atoms with Gasteiger partial charge >= 0.3 is 0 Å². The Morgan fingerprint density at radius 1 is 1.46 bits per heavy atom. The van der Waals surface area contributed by atoms with Gasteiger partial charge in [0, 0.05) is 6.04 Å². The van der Waals surface area contributed by atoms with Crippen LogP contribution in [0.15, 0.2) is 12.7 Å². The molecule has 0 aliphatic heterocycles. The summed E-state index contributed by atoms with van der Waals surface area (Å²) in [4.78, 5) is 0. The van der Waals surface area contributed by atoms with Crippen molar-refractivity contribution in [3.8, 4) is 0 Å². The van der Waals surface area contributed by atoms with Crippen molar-refractivity contribution in [2.45, 2.75) is 51.0 Å². The molecule has 0 aromatic rings. The van der Waals surface area contributed by atoms with Crippen LogP contribution in [-0.4, -0.2) is 13.1 Å². The zero-order valence-corrected chi connectivity index (χ0v) is 8.89. The maximum Gasteiger partial charge on any atom is 0.00667 e. The molecule has 2 atom stereocenters. The average Bonchev–Trinajstić information content (AvgIpc) is 2.19. The van der Waals surface area contributed by atoms with Gasteiger partial charge in [0.05, 0.1) is 0 Å². The molecule has 0 heterocycles. The van der Waals surface area contributed by atoms with Gasteiger partial charge in [-0.05, 0) is 38.6 Å². The van der Waals surface area contributed by atoms with E-state index >= 15 is 0 Å². The van der Waals surface area contributed by atoms with E-state index in [1.165, 1.54) is 44.9 Å². The molecule has 1 aliphatic carbocycles. The normalized spacial score (nSPS) is 28.7. The van der Waals surface area contributed by atoms with E-state index in [9.17, 15) is 0 Å². The molecule has 0 aromatic carbocycles. The fraction of sp³-hybridized carbons (Fsp3) is 0.833. The Kier molecular flexibility index (Phi) is 5.14. The molecule has 0 radical (unpaired) electrons. The summed E-state index contributed by atoms with van der Waals surface area (Å²) in [5, 5.41) is 3.40. The van der Waals surface area contributed by atoms with Crippen LogP contribution in [0.4, 0.5) is 0 Å². The van der Waals surface area contributed by atoms with Crippen molar-refractivity contribution >= 4 is 0 Å². The lowest BCUT2D eigenvalue weighted by Gasteiger charge is -2.28. The highest BCUT2D eigenvalue weighted by molar-refractivity contribution is 4.77. The van der Waals surface area contributed by atoms with E-state index in [2.05, 4.69) is 18.9 Å². The number of nitrogens with one attached hydrogen (secondary N) is 1. The fourth-order valence-corrected chi connectivity index (χ4v) is 2.37. The lowest BCUT2D eigenvalue weighted by molar-refractivity contribution is 0.279. The SMILES string of the molecule is C=CCCCC1CCCC(NC)C1. The van der Waals surface area contributed by atoms with Crippen molar-refractivity contribution in [3.63, 3.8) is 0 Å². The van der Waals surface area contributed by atoms with Crippen LogP contribution in [0.3, 0.4) is 0 Å². The fourth-order valence-electron chi connectivity index (χ4n) is 2.37. The molecule has 13 heavy (non-hydrogen) atoms. The molecule has 1 nitrogen and oxygen atoms in total. The summed E-state index contributed by atoms with van der Waals surface area (Å²) in [5.41, 5.74) is 0. The number of unbranched alkanes of at least 4 members (excludes halogenated alkanes) is 1. The Morgan fingerprint density at radius 2 is 2.31 bits per heavy atom. The molecule has 1 rings (SSSR count). The van der Waals surface area contributed by atoms with E-state index in [0.29, 0.717) is 0 Å². The van der Waals surface area contributed by atoms with Crippen LogP contribution < -0.4 is 5.32 Å². The van der Waals surface area contributed by atoms with E-state index in [1.54, 1.807) is 0 Å². The predicted octanol–water partition coefficient (Wildman–Crippen LogP) is 3.12. The van der Waals surface area contributed by atoms with E-state index in [-0.39, 0.29) is 0 Å². The van der Waals surface area contributed by atoms with E-state index < -0.39 is 0 Å². The van der Waals surface area contributed by atoms with Gasteiger partial charge in [-0.25, -0.2) is 0 Å². The van der Waals surface area contributed by atoms with Crippen LogP contribution in [0.1, 0.15) is 44.9 Å². The molecular formula is C12H23N. The largest absolute Gasteiger partial charge is 0.317 e. The molecule has 1 fully saturated rings. The number of hydrogen-bond acceptors (Lipinski definition) is 1. The van der Waals surface area contributed by atoms with E-state index in [1.807, 2.05) is 6.08 Å².